The molecule has 0 aromatic carbocycles. The van der Waals surface area contributed by atoms with Gasteiger partial charge in [-0.05, 0) is 26.8 Å². The second-order valence-electron chi connectivity index (χ2n) is 6.13. The molecule has 2 aliphatic heterocycles. The first-order chi connectivity index (χ1) is 9.57. The number of likely N-dealkylation sites (N-methyl/N-ethyl adjacent to an activating group) is 1. The van der Waals surface area contributed by atoms with Crippen molar-refractivity contribution in [3.05, 3.63) is 0 Å². The summed E-state index contributed by atoms with van der Waals surface area (Å²) in [6, 6.07) is 0. The highest BCUT2D eigenvalue weighted by Crippen LogP contribution is 2.35. The standard InChI is InChI=1S/C13H21F3N2O3/c1-11(20,13(14,15)16)10(19)18-5-3-12(4-6-18)9-17(2)7-8-21-12/h20H,3-9H2,1-2H3. The quantitative estimate of drug-likeness (QED) is 0.771. The fraction of sp³-hybridized carbons (Fsp3) is 0.923. The van der Waals surface area contributed by atoms with Crippen LogP contribution < -0.4 is 0 Å². The molecule has 8 heteroatoms. The highest BCUT2D eigenvalue weighted by atomic mass is 19.4. The minimum absolute atomic E-state index is 0.166. The lowest BCUT2D eigenvalue weighted by molar-refractivity contribution is -0.251. The van der Waals surface area contributed by atoms with E-state index in [1.165, 1.54) is 0 Å². The lowest BCUT2D eigenvalue weighted by atomic mass is 9.88. The second kappa shape index (κ2) is 5.40. The zero-order chi connectivity index (χ0) is 15.9. The lowest BCUT2D eigenvalue weighted by Gasteiger charge is -2.47. The Balaban J connectivity index is 1.99. The highest BCUT2D eigenvalue weighted by molar-refractivity contribution is 5.85. The van der Waals surface area contributed by atoms with Crippen LogP contribution in [0.1, 0.15) is 19.8 Å². The van der Waals surface area contributed by atoms with E-state index >= 15 is 0 Å². The van der Waals surface area contributed by atoms with Crippen LogP contribution in [0, 0.1) is 0 Å². The molecule has 1 unspecified atom stereocenters. The van der Waals surface area contributed by atoms with Gasteiger partial charge in [-0.1, -0.05) is 0 Å². The molecule has 1 amide bonds. The molecule has 122 valence electrons. The van der Waals surface area contributed by atoms with E-state index in [1.54, 1.807) is 0 Å². The SMILES string of the molecule is CN1CCOC2(CCN(C(=O)C(C)(O)C(F)(F)F)CC2)C1. The van der Waals surface area contributed by atoms with Crippen molar-refractivity contribution in [1.82, 2.24) is 9.80 Å². The molecule has 1 N–H and O–H groups in total. The first kappa shape index (κ1) is 16.5. The monoisotopic (exact) mass is 310 g/mol. The molecule has 1 spiro atoms. The number of carbonyl (C=O) groups is 1. The van der Waals surface area contributed by atoms with E-state index < -0.39 is 17.7 Å². The minimum Gasteiger partial charge on any atom is -0.373 e. The number of morpholine rings is 1. The summed E-state index contributed by atoms with van der Waals surface area (Å²) in [5, 5.41) is 9.46. The normalized spacial score (nSPS) is 26.7. The smallest absolute Gasteiger partial charge is 0.373 e. The Morgan fingerprint density at radius 3 is 2.29 bits per heavy atom. The van der Waals surface area contributed by atoms with E-state index in [9.17, 15) is 23.1 Å². The minimum atomic E-state index is -4.97. The van der Waals surface area contributed by atoms with Gasteiger partial charge in [-0.3, -0.25) is 4.79 Å². The predicted octanol–water partition coefficient (Wildman–Crippen LogP) is 0.623. The van der Waals surface area contributed by atoms with Gasteiger partial charge in [0.1, 0.15) is 0 Å². The average molecular weight is 310 g/mol. The van der Waals surface area contributed by atoms with Crippen LogP contribution in [-0.2, 0) is 9.53 Å². The third-order valence-corrected chi connectivity index (χ3v) is 4.37. The summed E-state index contributed by atoms with van der Waals surface area (Å²) >= 11 is 0. The molecular formula is C13H21F3N2O3. The number of ether oxygens (including phenoxy) is 1. The highest BCUT2D eigenvalue weighted by Gasteiger charge is 2.57. The third-order valence-electron chi connectivity index (χ3n) is 4.37. The molecule has 2 saturated heterocycles. The molecule has 0 aliphatic carbocycles. The summed E-state index contributed by atoms with van der Waals surface area (Å²) in [4.78, 5) is 15.1. The van der Waals surface area contributed by atoms with Crippen molar-refractivity contribution in [1.29, 1.82) is 0 Å². The molecule has 0 saturated carbocycles. The number of likely N-dealkylation sites (tertiary alicyclic amines) is 1. The summed E-state index contributed by atoms with van der Waals surface area (Å²) < 4.78 is 43.9. The number of piperidine rings is 1. The summed E-state index contributed by atoms with van der Waals surface area (Å²) in [5.41, 5.74) is -3.71. The molecule has 0 aromatic heterocycles. The van der Waals surface area contributed by atoms with E-state index in [2.05, 4.69) is 4.90 Å². The van der Waals surface area contributed by atoms with Gasteiger partial charge in [0.05, 0.1) is 12.2 Å². The number of alkyl halides is 3. The van der Waals surface area contributed by atoms with E-state index in [1.807, 2.05) is 7.05 Å². The van der Waals surface area contributed by atoms with E-state index in [4.69, 9.17) is 4.74 Å². The molecule has 5 nitrogen and oxygen atoms in total. The Kier molecular flexibility index (Phi) is 4.25. The summed E-state index contributed by atoms with van der Waals surface area (Å²) in [6.45, 7) is 2.96. The van der Waals surface area contributed by atoms with Crippen molar-refractivity contribution in [2.75, 3.05) is 39.8 Å². The number of halogens is 3. The van der Waals surface area contributed by atoms with Crippen LogP contribution in [-0.4, -0.2) is 78.0 Å². The molecule has 2 fully saturated rings. The molecule has 2 heterocycles. The lowest BCUT2D eigenvalue weighted by Crippen LogP contribution is -2.61. The first-order valence-corrected chi connectivity index (χ1v) is 6.98. The van der Waals surface area contributed by atoms with Crippen molar-refractivity contribution in [3.8, 4) is 0 Å². The van der Waals surface area contributed by atoms with E-state index in [-0.39, 0.29) is 18.7 Å². The molecule has 2 aliphatic rings. The summed E-state index contributed by atoms with van der Waals surface area (Å²) in [7, 11) is 1.97. The Hall–Kier alpha value is -0.860. The van der Waals surface area contributed by atoms with Gasteiger partial charge in [0.15, 0.2) is 0 Å². The maximum Gasteiger partial charge on any atom is 0.426 e. The molecular weight excluding hydrogens is 289 g/mol. The predicted molar refractivity (Wildman–Crippen MR) is 68.7 cm³/mol. The molecule has 0 radical (unpaired) electrons. The third kappa shape index (κ3) is 3.17. The van der Waals surface area contributed by atoms with Gasteiger partial charge in [0.25, 0.3) is 5.91 Å². The zero-order valence-electron chi connectivity index (χ0n) is 12.2. The molecule has 0 bridgehead atoms. The van der Waals surface area contributed by atoms with Gasteiger partial charge >= 0.3 is 6.18 Å². The Morgan fingerprint density at radius 2 is 1.81 bits per heavy atom. The molecule has 2 rings (SSSR count). The largest absolute Gasteiger partial charge is 0.426 e. The maximum atomic E-state index is 12.7. The van der Waals surface area contributed by atoms with Gasteiger partial charge in [0, 0.05) is 26.2 Å². The van der Waals surface area contributed by atoms with Gasteiger partial charge < -0.3 is 19.6 Å². The van der Waals surface area contributed by atoms with Crippen LogP contribution in [0.2, 0.25) is 0 Å². The van der Waals surface area contributed by atoms with Crippen LogP contribution in [0.25, 0.3) is 0 Å². The Bertz CT molecular complexity index is 404. The fourth-order valence-corrected chi connectivity index (χ4v) is 2.88. The zero-order valence-corrected chi connectivity index (χ0v) is 12.2. The number of nitrogens with zero attached hydrogens (tertiary/aromatic N) is 2. The number of aliphatic hydroxyl groups is 1. The van der Waals surface area contributed by atoms with Crippen LogP contribution in [0.3, 0.4) is 0 Å². The number of carbonyl (C=O) groups excluding carboxylic acids is 1. The fourth-order valence-electron chi connectivity index (χ4n) is 2.88. The molecule has 1 atom stereocenters. The van der Waals surface area contributed by atoms with Crippen molar-refractivity contribution in [2.24, 2.45) is 0 Å². The van der Waals surface area contributed by atoms with Crippen LogP contribution in [0.15, 0.2) is 0 Å². The van der Waals surface area contributed by atoms with E-state index in [0.29, 0.717) is 32.9 Å². The first-order valence-electron chi connectivity index (χ1n) is 6.98. The van der Waals surface area contributed by atoms with Crippen LogP contribution >= 0.6 is 0 Å². The number of hydrogen-bond acceptors (Lipinski definition) is 4. The van der Waals surface area contributed by atoms with Crippen LogP contribution in [0.4, 0.5) is 13.2 Å². The van der Waals surface area contributed by atoms with Crippen molar-refractivity contribution >= 4 is 5.91 Å². The van der Waals surface area contributed by atoms with Gasteiger partial charge in [-0.25, -0.2) is 0 Å². The molecule has 21 heavy (non-hydrogen) atoms. The topological polar surface area (TPSA) is 53.0 Å². The number of rotatable bonds is 1. The van der Waals surface area contributed by atoms with Gasteiger partial charge in [-0.2, -0.15) is 13.2 Å². The second-order valence-corrected chi connectivity index (χ2v) is 6.13. The van der Waals surface area contributed by atoms with E-state index in [0.717, 1.165) is 11.4 Å². The van der Waals surface area contributed by atoms with Gasteiger partial charge in [-0.15, -0.1) is 0 Å². The summed E-state index contributed by atoms with van der Waals surface area (Å²) in [6.07, 6.45) is -4.01. The number of hydrogen-bond donors (Lipinski definition) is 1. The molecule has 0 aromatic rings. The van der Waals surface area contributed by atoms with Crippen molar-refractivity contribution in [2.45, 2.75) is 37.1 Å². The Morgan fingerprint density at radius 1 is 1.24 bits per heavy atom. The summed E-state index contributed by atoms with van der Waals surface area (Å²) in [5.74, 6) is -1.28. The van der Waals surface area contributed by atoms with Crippen LogP contribution in [0.5, 0.6) is 0 Å². The average Bonchev–Trinajstić information content (AvgIpc) is 2.37. The van der Waals surface area contributed by atoms with Crippen molar-refractivity contribution < 1.29 is 27.8 Å². The maximum absolute atomic E-state index is 12.7. The number of amides is 1. The van der Waals surface area contributed by atoms with Gasteiger partial charge in [0.2, 0.25) is 5.60 Å². The van der Waals surface area contributed by atoms with Crippen molar-refractivity contribution in [3.63, 3.8) is 0 Å². The Labute approximate surface area is 121 Å².